The molecule has 1 rings (SSSR count). The predicted molar refractivity (Wildman–Crippen MR) is 69.1 cm³/mol. The molecule has 0 radical (unpaired) electrons. The monoisotopic (exact) mass is 291 g/mol. The van der Waals surface area contributed by atoms with Crippen molar-refractivity contribution in [3.8, 4) is 0 Å². The van der Waals surface area contributed by atoms with E-state index in [9.17, 15) is 18.0 Å². The molecule has 112 valence electrons. The van der Waals surface area contributed by atoms with Gasteiger partial charge in [0.05, 0.1) is 30.1 Å². The average Bonchev–Trinajstić information content (AvgIpc) is 2.30. The molecule has 8 heteroatoms. The van der Waals surface area contributed by atoms with Gasteiger partial charge in [-0.05, 0) is 25.2 Å². The molecule has 5 nitrogen and oxygen atoms in total. The maximum atomic E-state index is 12.4. The number of nitrogen functional groups attached to an aromatic ring is 1. The summed E-state index contributed by atoms with van der Waals surface area (Å²) in [6, 6.07) is 2.73. The smallest absolute Gasteiger partial charge is 0.397 e. The van der Waals surface area contributed by atoms with E-state index in [-0.39, 0.29) is 24.5 Å². The molecule has 0 aliphatic rings. The van der Waals surface area contributed by atoms with Gasteiger partial charge >= 0.3 is 6.18 Å². The number of likely N-dealkylation sites (N-methyl/N-ethyl adjacent to an activating group) is 1. The number of carbonyl (C=O) groups excluding carboxylic acids is 1. The van der Waals surface area contributed by atoms with E-state index in [2.05, 4.69) is 5.32 Å². The number of rotatable bonds is 5. The van der Waals surface area contributed by atoms with E-state index >= 15 is 0 Å². The van der Waals surface area contributed by atoms with E-state index in [4.69, 9.17) is 10.8 Å². The fourth-order valence-electron chi connectivity index (χ4n) is 1.54. The minimum atomic E-state index is -4.47. The first kappa shape index (κ1) is 16.3. The van der Waals surface area contributed by atoms with E-state index in [1.807, 2.05) is 0 Å². The molecule has 0 unspecified atom stereocenters. The molecule has 0 heterocycles. The number of alkyl halides is 3. The summed E-state index contributed by atoms with van der Waals surface area (Å²) in [7, 11) is 1.63. The third-order valence-electron chi connectivity index (χ3n) is 2.55. The molecule has 20 heavy (non-hydrogen) atoms. The van der Waals surface area contributed by atoms with Gasteiger partial charge in [-0.25, -0.2) is 0 Å². The van der Waals surface area contributed by atoms with E-state index in [1.54, 1.807) is 11.9 Å². The third-order valence-corrected chi connectivity index (χ3v) is 2.55. The second-order valence-corrected chi connectivity index (χ2v) is 4.31. The maximum Gasteiger partial charge on any atom is 0.416 e. The number of nitrogens with one attached hydrogen (secondary N) is 1. The Bertz CT molecular complexity index is 478. The van der Waals surface area contributed by atoms with Crippen molar-refractivity contribution in [3.05, 3.63) is 23.8 Å². The van der Waals surface area contributed by atoms with Crippen LogP contribution in [0.4, 0.5) is 24.5 Å². The number of carbonyl (C=O) groups is 1. The summed E-state index contributed by atoms with van der Waals surface area (Å²) in [5.74, 6) is -0.424. The highest BCUT2D eigenvalue weighted by molar-refractivity contribution is 5.95. The number of aliphatic hydroxyl groups excluding tert-OH is 1. The number of hydrogen-bond acceptors (Lipinski definition) is 4. The molecule has 0 spiro atoms. The first-order chi connectivity index (χ1) is 9.24. The molecule has 0 aliphatic carbocycles. The number of aliphatic hydroxyl groups is 1. The zero-order chi connectivity index (χ0) is 15.3. The van der Waals surface area contributed by atoms with E-state index in [0.717, 1.165) is 18.2 Å². The van der Waals surface area contributed by atoms with Gasteiger partial charge < -0.3 is 16.2 Å². The Morgan fingerprint density at radius 1 is 1.45 bits per heavy atom. The highest BCUT2D eigenvalue weighted by Gasteiger charge is 2.30. The lowest BCUT2D eigenvalue weighted by Gasteiger charge is -2.16. The van der Waals surface area contributed by atoms with E-state index in [1.165, 1.54) is 0 Å². The molecule has 1 aromatic carbocycles. The van der Waals surface area contributed by atoms with Gasteiger partial charge in [-0.1, -0.05) is 0 Å². The Morgan fingerprint density at radius 2 is 2.10 bits per heavy atom. The molecule has 0 saturated heterocycles. The Kier molecular flexibility index (Phi) is 5.34. The second-order valence-electron chi connectivity index (χ2n) is 4.31. The fourth-order valence-corrected chi connectivity index (χ4v) is 1.54. The predicted octanol–water partition coefficient (Wildman–Crippen LogP) is 1.15. The number of nitrogens with two attached hydrogens (primary N) is 1. The summed E-state index contributed by atoms with van der Waals surface area (Å²) < 4.78 is 37.3. The SMILES string of the molecule is CN(CCO)CC(=O)Nc1ccc(C(F)(F)F)cc1N. The minimum Gasteiger partial charge on any atom is -0.397 e. The zero-order valence-corrected chi connectivity index (χ0v) is 10.9. The largest absolute Gasteiger partial charge is 0.416 e. The lowest BCUT2D eigenvalue weighted by molar-refractivity contribution is -0.137. The van der Waals surface area contributed by atoms with Crippen molar-refractivity contribution < 1.29 is 23.1 Å². The highest BCUT2D eigenvalue weighted by atomic mass is 19.4. The molecule has 4 N–H and O–H groups in total. The van der Waals surface area contributed by atoms with Crippen LogP contribution in [-0.4, -0.2) is 42.7 Å². The molecule has 1 aromatic rings. The van der Waals surface area contributed by atoms with Crippen LogP contribution >= 0.6 is 0 Å². The van der Waals surface area contributed by atoms with Crippen LogP contribution in [0.1, 0.15) is 5.56 Å². The summed E-state index contributed by atoms with van der Waals surface area (Å²) in [4.78, 5) is 13.2. The normalized spacial score (nSPS) is 11.7. The van der Waals surface area contributed by atoms with E-state index < -0.39 is 17.6 Å². The maximum absolute atomic E-state index is 12.4. The van der Waals surface area contributed by atoms with Crippen LogP contribution in [0.15, 0.2) is 18.2 Å². The van der Waals surface area contributed by atoms with E-state index in [0.29, 0.717) is 6.54 Å². The first-order valence-electron chi connectivity index (χ1n) is 5.80. The number of nitrogens with zero attached hydrogens (tertiary/aromatic N) is 1. The topological polar surface area (TPSA) is 78.6 Å². The van der Waals surface area contributed by atoms with Crippen LogP contribution in [-0.2, 0) is 11.0 Å². The zero-order valence-electron chi connectivity index (χ0n) is 10.9. The molecule has 0 aliphatic heterocycles. The minimum absolute atomic E-state index is 0.00101. The van der Waals surface area contributed by atoms with Gasteiger partial charge in [0, 0.05) is 6.54 Å². The molecule has 0 aromatic heterocycles. The number of halogens is 3. The van der Waals surface area contributed by atoms with Gasteiger partial charge in [0.2, 0.25) is 5.91 Å². The number of benzene rings is 1. The van der Waals surface area contributed by atoms with Crippen LogP contribution in [0.2, 0.25) is 0 Å². The quantitative estimate of drug-likeness (QED) is 0.711. The summed E-state index contributed by atoms with van der Waals surface area (Å²) in [6.07, 6.45) is -4.47. The molecular weight excluding hydrogens is 275 g/mol. The van der Waals surface area contributed by atoms with Gasteiger partial charge in [-0.2, -0.15) is 13.2 Å². The summed E-state index contributed by atoms with van der Waals surface area (Å²) in [5, 5.41) is 11.1. The highest BCUT2D eigenvalue weighted by Crippen LogP contribution is 2.32. The van der Waals surface area contributed by atoms with Crippen LogP contribution in [0, 0.1) is 0 Å². The molecule has 0 saturated carbocycles. The van der Waals surface area contributed by atoms with Crippen molar-refractivity contribution in [2.75, 3.05) is 37.8 Å². The molecular formula is C12H16F3N3O2. The van der Waals surface area contributed by atoms with Crippen molar-refractivity contribution in [2.45, 2.75) is 6.18 Å². The lowest BCUT2D eigenvalue weighted by Crippen LogP contribution is -2.32. The van der Waals surface area contributed by atoms with Crippen LogP contribution in [0.3, 0.4) is 0 Å². The summed E-state index contributed by atoms with van der Waals surface area (Å²) in [6.45, 7) is 0.225. The Labute approximate surface area is 114 Å². The average molecular weight is 291 g/mol. The van der Waals surface area contributed by atoms with Crippen LogP contribution in [0.5, 0.6) is 0 Å². The number of hydrogen-bond donors (Lipinski definition) is 3. The Hall–Kier alpha value is -1.80. The number of amides is 1. The van der Waals surface area contributed by atoms with Crippen LogP contribution < -0.4 is 11.1 Å². The molecule has 0 atom stereocenters. The van der Waals surface area contributed by atoms with Crippen molar-refractivity contribution in [3.63, 3.8) is 0 Å². The molecule has 0 fully saturated rings. The summed E-state index contributed by atoms with van der Waals surface area (Å²) >= 11 is 0. The van der Waals surface area contributed by atoms with Crippen molar-refractivity contribution in [1.82, 2.24) is 4.90 Å². The van der Waals surface area contributed by atoms with Crippen molar-refractivity contribution in [2.24, 2.45) is 0 Å². The fraction of sp³-hybridized carbons (Fsp3) is 0.417. The Morgan fingerprint density at radius 3 is 2.60 bits per heavy atom. The van der Waals surface area contributed by atoms with Gasteiger partial charge in [-0.3, -0.25) is 9.69 Å². The van der Waals surface area contributed by atoms with Crippen molar-refractivity contribution in [1.29, 1.82) is 0 Å². The third kappa shape index (κ3) is 4.71. The van der Waals surface area contributed by atoms with Gasteiger partial charge in [0.1, 0.15) is 0 Å². The van der Waals surface area contributed by atoms with Gasteiger partial charge in [0.15, 0.2) is 0 Å². The lowest BCUT2D eigenvalue weighted by atomic mass is 10.1. The standard InChI is InChI=1S/C12H16F3N3O2/c1-18(4-5-19)7-11(20)17-10-3-2-8(6-9(10)16)12(13,14)15/h2-3,6,19H,4-5,7,16H2,1H3,(H,17,20). The molecule has 0 bridgehead atoms. The number of anilines is 2. The van der Waals surface area contributed by atoms with Crippen LogP contribution in [0.25, 0.3) is 0 Å². The Balaban J connectivity index is 2.72. The van der Waals surface area contributed by atoms with Gasteiger partial charge in [0.25, 0.3) is 0 Å². The van der Waals surface area contributed by atoms with Crippen molar-refractivity contribution >= 4 is 17.3 Å². The summed E-state index contributed by atoms with van der Waals surface area (Å²) in [5.41, 5.74) is 4.59. The van der Waals surface area contributed by atoms with Gasteiger partial charge in [-0.15, -0.1) is 0 Å². The first-order valence-corrected chi connectivity index (χ1v) is 5.80. The second kappa shape index (κ2) is 6.58. The molecule has 1 amide bonds.